The van der Waals surface area contributed by atoms with Gasteiger partial charge in [0.1, 0.15) is 12.4 Å². The summed E-state index contributed by atoms with van der Waals surface area (Å²) in [6.07, 6.45) is 4.68. The van der Waals surface area contributed by atoms with Crippen LogP contribution in [0.1, 0.15) is 12.8 Å². The molecule has 4 N–H and O–H groups in total. The van der Waals surface area contributed by atoms with Gasteiger partial charge in [-0.2, -0.15) is 0 Å². The number of anilines is 2. The molecule has 1 aliphatic heterocycles. The predicted molar refractivity (Wildman–Crippen MR) is 56.1 cm³/mol. The lowest BCUT2D eigenvalue weighted by atomic mass is 10.1. The number of nitrogens with zero attached hydrogens (tertiary/aromatic N) is 2. The van der Waals surface area contributed by atoms with E-state index in [1.165, 1.54) is 12.5 Å². The van der Waals surface area contributed by atoms with Crippen molar-refractivity contribution in [1.29, 1.82) is 0 Å². The third-order valence-electron chi connectivity index (χ3n) is 2.34. The van der Waals surface area contributed by atoms with E-state index in [1.807, 2.05) is 0 Å². The van der Waals surface area contributed by atoms with Gasteiger partial charge in [0.25, 0.3) is 0 Å². The predicted octanol–water partition coefficient (Wildman–Crippen LogP) is -0.251. The van der Waals surface area contributed by atoms with Crippen LogP contribution in [0.3, 0.4) is 0 Å². The van der Waals surface area contributed by atoms with Crippen LogP contribution in [0.15, 0.2) is 12.5 Å². The van der Waals surface area contributed by atoms with Gasteiger partial charge >= 0.3 is 0 Å². The van der Waals surface area contributed by atoms with Crippen LogP contribution in [-0.2, 0) is 4.79 Å². The van der Waals surface area contributed by atoms with Gasteiger partial charge in [-0.1, -0.05) is 0 Å². The Kier molecular flexibility index (Phi) is 2.66. The van der Waals surface area contributed by atoms with E-state index in [0.29, 0.717) is 11.5 Å². The fourth-order valence-corrected chi connectivity index (χ4v) is 1.54. The number of nitrogens with one attached hydrogen (secondary N) is 2. The number of hydrogen-bond donors (Lipinski definition) is 3. The molecule has 1 amide bonds. The van der Waals surface area contributed by atoms with Gasteiger partial charge in [0, 0.05) is 6.54 Å². The molecule has 80 valence electrons. The molecule has 1 aromatic heterocycles. The largest absolute Gasteiger partial charge is 0.394 e. The Balaban J connectivity index is 2.08. The maximum absolute atomic E-state index is 11.5. The number of amides is 1. The lowest BCUT2D eigenvalue weighted by Crippen LogP contribution is -2.44. The first-order chi connectivity index (χ1) is 7.27. The van der Waals surface area contributed by atoms with E-state index in [-0.39, 0.29) is 11.9 Å². The summed E-state index contributed by atoms with van der Waals surface area (Å²) in [5, 5.41) is 5.80. The Bertz CT molecular complexity index is 367. The van der Waals surface area contributed by atoms with Crippen molar-refractivity contribution in [3.63, 3.8) is 0 Å². The maximum Gasteiger partial charge on any atom is 0.242 e. The molecule has 0 radical (unpaired) electrons. The van der Waals surface area contributed by atoms with Crippen LogP contribution in [0.4, 0.5) is 11.5 Å². The maximum atomic E-state index is 11.5. The van der Waals surface area contributed by atoms with E-state index >= 15 is 0 Å². The summed E-state index contributed by atoms with van der Waals surface area (Å²) in [6, 6.07) is -0.240. The fraction of sp³-hybridized carbons (Fsp3) is 0.444. The first kappa shape index (κ1) is 9.70. The summed E-state index contributed by atoms with van der Waals surface area (Å²) >= 11 is 0. The molecule has 0 saturated carbocycles. The van der Waals surface area contributed by atoms with Gasteiger partial charge in [0.15, 0.2) is 5.82 Å². The minimum Gasteiger partial charge on any atom is -0.394 e. The molecule has 1 saturated heterocycles. The minimum absolute atomic E-state index is 0.000683. The highest BCUT2D eigenvalue weighted by Gasteiger charge is 2.22. The van der Waals surface area contributed by atoms with Crippen molar-refractivity contribution in [2.75, 3.05) is 17.6 Å². The molecular weight excluding hydrogens is 194 g/mol. The molecule has 0 aliphatic carbocycles. The standard InChI is InChI=1S/C9H13N5O/c10-6-4-11-5-13-8(6)14-7-2-1-3-12-9(7)15/h4-5,7H,1-3,10H2,(H,12,15)(H,11,13,14). The molecule has 15 heavy (non-hydrogen) atoms. The molecule has 2 heterocycles. The zero-order chi connectivity index (χ0) is 10.7. The molecule has 0 bridgehead atoms. The second-order valence-electron chi connectivity index (χ2n) is 3.46. The Morgan fingerprint density at radius 3 is 3.20 bits per heavy atom. The normalized spacial score (nSPS) is 20.8. The average molecular weight is 207 g/mol. The smallest absolute Gasteiger partial charge is 0.242 e. The molecule has 1 aromatic rings. The molecule has 1 aliphatic rings. The summed E-state index contributed by atoms with van der Waals surface area (Å²) in [6.45, 7) is 0.746. The zero-order valence-electron chi connectivity index (χ0n) is 8.23. The number of carbonyl (C=O) groups excluding carboxylic acids is 1. The monoisotopic (exact) mass is 207 g/mol. The van der Waals surface area contributed by atoms with Crippen molar-refractivity contribution in [2.24, 2.45) is 0 Å². The number of piperidine rings is 1. The summed E-state index contributed by atoms with van der Waals surface area (Å²) in [7, 11) is 0. The highest BCUT2D eigenvalue weighted by Crippen LogP contribution is 2.15. The Morgan fingerprint density at radius 1 is 1.60 bits per heavy atom. The molecule has 1 unspecified atom stereocenters. The number of carbonyl (C=O) groups is 1. The van der Waals surface area contributed by atoms with E-state index in [0.717, 1.165) is 19.4 Å². The Labute approximate surface area is 87.3 Å². The van der Waals surface area contributed by atoms with E-state index in [1.54, 1.807) is 0 Å². The van der Waals surface area contributed by atoms with Crippen molar-refractivity contribution in [1.82, 2.24) is 15.3 Å². The topological polar surface area (TPSA) is 92.9 Å². The van der Waals surface area contributed by atoms with Gasteiger partial charge in [0.2, 0.25) is 5.91 Å². The van der Waals surface area contributed by atoms with Crippen LogP contribution in [0.2, 0.25) is 0 Å². The molecule has 0 spiro atoms. The highest BCUT2D eigenvalue weighted by atomic mass is 16.2. The van der Waals surface area contributed by atoms with E-state index in [2.05, 4.69) is 20.6 Å². The van der Waals surface area contributed by atoms with Crippen molar-refractivity contribution in [3.8, 4) is 0 Å². The highest BCUT2D eigenvalue weighted by molar-refractivity contribution is 5.85. The Morgan fingerprint density at radius 2 is 2.47 bits per heavy atom. The van der Waals surface area contributed by atoms with Gasteiger partial charge in [-0.25, -0.2) is 9.97 Å². The first-order valence-electron chi connectivity index (χ1n) is 4.87. The van der Waals surface area contributed by atoms with E-state index < -0.39 is 0 Å². The Hall–Kier alpha value is -1.85. The van der Waals surface area contributed by atoms with Crippen LogP contribution in [0, 0.1) is 0 Å². The number of hydrogen-bond acceptors (Lipinski definition) is 5. The summed E-state index contributed by atoms with van der Waals surface area (Å²) in [5.41, 5.74) is 6.12. The lowest BCUT2D eigenvalue weighted by Gasteiger charge is -2.23. The quantitative estimate of drug-likeness (QED) is 0.621. The van der Waals surface area contributed by atoms with Gasteiger partial charge in [-0.05, 0) is 12.8 Å². The molecule has 2 rings (SSSR count). The van der Waals surface area contributed by atoms with Gasteiger partial charge < -0.3 is 16.4 Å². The molecule has 6 nitrogen and oxygen atoms in total. The summed E-state index contributed by atoms with van der Waals surface area (Å²) < 4.78 is 0. The fourth-order valence-electron chi connectivity index (χ4n) is 1.54. The zero-order valence-corrected chi connectivity index (χ0v) is 8.23. The van der Waals surface area contributed by atoms with Crippen molar-refractivity contribution in [3.05, 3.63) is 12.5 Å². The van der Waals surface area contributed by atoms with E-state index in [4.69, 9.17) is 5.73 Å². The first-order valence-corrected chi connectivity index (χ1v) is 4.87. The molecule has 6 heteroatoms. The molecule has 1 atom stereocenters. The van der Waals surface area contributed by atoms with Gasteiger partial charge in [-0.3, -0.25) is 4.79 Å². The van der Waals surface area contributed by atoms with Crippen molar-refractivity contribution in [2.45, 2.75) is 18.9 Å². The van der Waals surface area contributed by atoms with Crippen LogP contribution >= 0.6 is 0 Å². The van der Waals surface area contributed by atoms with Crippen molar-refractivity contribution >= 4 is 17.4 Å². The number of aromatic nitrogens is 2. The molecule has 1 fully saturated rings. The number of rotatable bonds is 2. The number of nitrogens with two attached hydrogens (primary N) is 1. The SMILES string of the molecule is Nc1cncnc1NC1CCCNC1=O. The second kappa shape index (κ2) is 4.12. The molecular formula is C9H13N5O. The average Bonchev–Trinajstić information content (AvgIpc) is 2.24. The van der Waals surface area contributed by atoms with Crippen LogP contribution in [-0.4, -0.2) is 28.5 Å². The van der Waals surface area contributed by atoms with Gasteiger partial charge in [-0.15, -0.1) is 0 Å². The molecule has 0 aromatic carbocycles. The van der Waals surface area contributed by atoms with Crippen molar-refractivity contribution < 1.29 is 4.79 Å². The van der Waals surface area contributed by atoms with E-state index in [9.17, 15) is 4.79 Å². The van der Waals surface area contributed by atoms with Crippen LogP contribution in [0.5, 0.6) is 0 Å². The number of nitrogen functional groups attached to an aromatic ring is 1. The van der Waals surface area contributed by atoms with Crippen LogP contribution in [0.25, 0.3) is 0 Å². The summed E-state index contributed by atoms with van der Waals surface area (Å²) in [4.78, 5) is 19.2. The van der Waals surface area contributed by atoms with Crippen LogP contribution < -0.4 is 16.4 Å². The minimum atomic E-state index is -0.240. The third-order valence-corrected chi connectivity index (χ3v) is 2.34. The third kappa shape index (κ3) is 2.15. The van der Waals surface area contributed by atoms with Gasteiger partial charge in [0.05, 0.1) is 11.9 Å². The second-order valence-corrected chi connectivity index (χ2v) is 3.46. The lowest BCUT2D eigenvalue weighted by molar-refractivity contribution is -0.123. The summed E-state index contributed by atoms with van der Waals surface area (Å²) in [5.74, 6) is 0.520.